The van der Waals surface area contributed by atoms with Gasteiger partial charge in [-0.3, -0.25) is 0 Å². The van der Waals surface area contributed by atoms with Crippen molar-refractivity contribution in [2.24, 2.45) is 17.8 Å². The van der Waals surface area contributed by atoms with E-state index < -0.39 is 0 Å². The van der Waals surface area contributed by atoms with Crippen molar-refractivity contribution in [2.45, 2.75) is 19.8 Å². The Morgan fingerprint density at radius 2 is 2.40 bits per heavy atom. The maximum Gasteiger partial charge on any atom is 0.0245 e. The quantitative estimate of drug-likeness (QED) is 0.350. The molecule has 2 rings (SSSR count). The molecule has 0 amide bonds. The van der Waals surface area contributed by atoms with E-state index in [9.17, 15) is 0 Å². The van der Waals surface area contributed by atoms with E-state index >= 15 is 0 Å². The summed E-state index contributed by atoms with van der Waals surface area (Å²) in [6.07, 6.45) is 7.28. The van der Waals surface area contributed by atoms with Crippen LogP contribution in [0.5, 0.6) is 0 Å². The molecule has 0 heterocycles. The van der Waals surface area contributed by atoms with Crippen molar-refractivity contribution in [1.29, 1.82) is 0 Å². The number of rotatable bonds is 0. The van der Waals surface area contributed by atoms with Crippen LogP contribution in [0.4, 0.5) is 0 Å². The number of allylic oxidation sites excluding steroid dienone is 2. The molecular weight excluding hydrogens is 120 g/mol. The molecule has 0 bridgehead atoms. The molecule has 0 aromatic carbocycles. The fraction of sp³-hybridized carbons (Fsp3) is 0.600. The topological polar surface area (TPSA) is 0 Å². The van der Waals surface area contributed by atoms with Gasteiger partial charge in [-0.2, -0.15) is 0 Å². The van der Waals surface area contributed by atoms with Crippen molar-refractivity contribution in [2.75, 3.05) is 0 Å². The van der Waals surface area contributed by atoms with Gasteiger partial charge in [0.2, 0.25) is 0 Å². The van der Waals surface area contributed by atoms with Crippen LogP contribution in [0, 0.1) is 29.6 Å². The Morgan fingerprint density at radius 3 is 3.10 bits per heavy atom. The molecule has 1 saturated carbocycles. The maximum absolute atomic E-state index is 3.26. The molecule has 0 heteroatoms. The van der Waals surface area contributed by atoms with Crippen LogP contribution in [-0.2, 0) is 0 Å². The van der Waals surface area contributed by atoms with E-state index in [2.05, 4.69) is 24.0 Å². The second kappa shape index (κ2) is 2.16. The molecule has 0 aromatic heterocycles. The lowest BCUT2D eigenvalue weighted by molar-refractivity contribution is 0.178. The van der Waals surface area contributed by atoms with Gasteiger partial charge in [0.1, 0.15) is 0 Å². The Balaban J connectivity index is 2.01. The smallest absolute Gasteiger partial charge is 0.0245 e. The van der Waals surface area contributed by atoms with E-state index in [0.717, 1.165) is 17.8 Å². The summed E-state index contributed by atoms with van der Waals surface area (Å²) < 4.78 is 0. The zero-order valence-electron chi connectivity index (χ0n) is 6.30. The minimum atomic E-state index is 0.727. The minimum absolute atomic E-state index is 0.727. The zero-order chi connectivity index (χ0) is 6.97. The van der Waals surface area contributed by atoms with Gasteiger partial charge in [-0.25, -0.2) is 0 Å². The van der Waals surface area contributed by atoms with Gasteiger partial charge in [0.25, 0.3) is 0 Å². The molecule has 1 fully saturated rings. The van der Waals surface area contributed by atoms with Gasteiger partial charge < -0.3 is 0 Å². The maximum atomic E-state index is 3.26. The molecule has 3 atom stereocenters. The van der Waals surface area contributed by atoms with Crippen LogP contribution < -0.4 is 0 Å². The van der Waals surface area contributed by atoms with Crippen LogP contribution in [0.25, 0.3) is 0 Å². The highest BCUT2D eigenvalue weighted by Crippen LogP contribution is 2.46. The molecule has 0 nitrogen and oxygen atoms in total. The van der Waals surface area contributed by atoms with Gasteiger partial charge >= 0.3 is 0 Å². The van der Waals surface area contributed by atoms with Crippen molar-refractivity contribution in [3.63, 3.8) is 0 Å². The van der Waals surface area contributed by atoms with E-state index in [1.807, 2.05) is 6.92 Å². The third kappa shape index (κ3) is 0.703. The van der Waals surface area contributed by atoms with E-state index in [-0.39, 0.29) is 0 Å². The van der Waals surface area contributed by atoms with Gasteiger partial charge in [-0.15, -0.1) is 5.92 Å². The standard InChI is InChI=1S/C10H12/c1-2-4-8-7-9-5-3-6-10(8)9/h3,5,8-10H,6-7H2,1H3. The van der Waals surface area contributed by atoms with E-state index in [1.54, 1.807) is 0 Å². The zero-order valence-corrected chi connectivity index (χ0v) is 6.30. The fourth-order valence-corrected chi connectivity index (χ4v) is 2.07. The Labute approximate surface area is 62.3 Å². The van der Waals surface area contributed by atoms with Crippen molar-refractivity contribution < 1.29 is 0 Å². The Hall–Kier alpha value is -0.700. The van der Waals surface area contributed by atoms with Gasteiger partial charge in [-0.1, -0.05) is 18.1 Å². The van der Waals surface area contributed by atoms with Gasteiger partial charge in [0.15, 0.2) is 0 Å². The summed E-state index contributed by atoms with van der Waals surface area (Å²) in [7, 11) is 0. The highest BCUT2D eigenvalue weighted by atomic mass is 14.4. The van der Waals surface area contributed by atoms with E-state index in [4.69, 9.17) is 0 Å². The first-order chi connectivity index (χ1) is 4.92. The predicted molar refractivity (Wildman–Crippen MR) is 42.3 cm³/mol. The highest BCUT2D eigenvalue weighted by molar-refractivity contribution is 5.18. The Bertz CT molecular complexity index is 214. The van der Waals surface area contributed by atoms with Gasteiger partial charge in [-0.05, 0) is 31.6 Å². The van der Waals surface area contributed by atoms with Crippen LogP contribution in [-0.4, -0.2) is 0 Å². The average Bonchev–Trinajstić information content (AvgIpc) is 2.26. The molecule has 2 aliphatic carbocycles. The first kappa shape index (κ1) is 6.04. The first-order valence-electron chi connectivity index (χ1n) is 4.01. The fourth-order valence-electron chi connectivity index (χ4n) is 2.07. The molecule has 3 unspecified atom stereocenters. The molecule has 0 N–H and O–H groups in total. The lowest BCUT2D eigenvalue weighted by Gasteiger charge is -2.36. The van der Waals surface area contributed by atoms with Crippen molar-refractivity contribution in [3.8, 4) is 11.8 Å². The average molecular weight is 132 g/mol. The van der Waals surface area contributed by atoms with Crippen molar-refractivity contribution in [3.05, 3.63) is 12.2 Å². The van der Waals surface area contributed by atoms with Gasteiger partial charge in [0, 0.05) is 5.92 Å². The second-order valence-corrected chi connectivity index (χ2v) is 3.23. The predicted octanol–water partition coefficient (Wildman–Crippen LogP) is 2.22. The van der Waals surface area contributed by atoms with Crippen LogP contribution in [0.1, 0.15) is 19.8 Å². The first-order valence-corrected chi connectivity index (χ1v) is 4.01. The van der Waals surface area contributed by atoms with Crippen LogP contribution >= 0.6 is 0 Å². The molecule has 0 aliphatic heterocycles. The Kier molecular flexibility index (Phi) is 1.31. The normalized spacial score (nSPS) is 41.5. The summed E-state index contributed by atoms with van der Waals surface area (Å²) in [5.41, 5.74) is 0. The summed E-state index contributed by atoms with van der Waals surface area (Å²) >= 11 is 0. The largest absolute Gasteiger partial charge is 0.106 e. The number of hydrogen-bond donors (Lipinski definition) is 0. The summed E-state index contributed by atoms with van der Waals surface area (Å²) in [6, 6.07) is 0. The number of hydrogen-bond acceptors (Lipinski definition) is 0. The van der Waals surface area contributed by atoms with Crippen molar-refractivity contribution >= 4 is 0 Å². The molecule has 0 spiro atoms. The van der Waals surface area contributed by atoms with Crippen LogP contribution in [0.2, 0.25) is 0 Å². The van der Waals surface area contributed by atoms with Crippen molar-refractivity contribution in [1.82, 2.24) is 0 Å². The summed E-state index contributed by atoms with van der Waals surface area (Å²) in [5.74, 6) is 8.78. The molecule has 0 saturated heterocycles. The molecule has 52 valence electrons. The molecule has 2 aliphatic rings. The lowest BCUT2D eigenvalue weighted by Crippen LogP contribution is -2.31. The summed E-state index contributed by atoms with van der Waals surface area (Å²) in [5, 5.41) is 0. The molecule has 0 aromatic rings. The van der Waals surface area contributed by atoms with E-state index in [1.165, 1.54) is 12.8 Å². The third-order valence-electron chi connectivity index (χ3n) is 2.71. The molecule has 0 radical (unpaired) electrons. The lowest BCUT2D eigenvalue weighted by atomic mass is 9.67. The van der Waals surface area contributed by atoms with Crippen LogP contribution in [0.15, 0.2) is 12.2 Å². The minimum Gasteiger partial charge on any atom is -0.106 e. The SMILES string of the molecule is CC#CC1CC2C=CCC12. The summed E-state index contributed by atoms with van der Waals surface area (Å²) in [6.45, 7) is 1.94. The monoisotopic (exact) mass is 132 g/mol. The summed E-state index contributed by atoms with van der Waals surface area (Å²) in [4.78, 5) is 0. The molecular formula is C10H12. The third-order valence-corrected chi connectivity index (χ3v) is 2.71. The van der Waals surface area contributed by atoms with E-state index in [0.29, 0.717) is 0 Å². The number of fused-ring (bicyclic) bond motifs is 1. The molecule has 10 heavy (non-hydrogen) atoms. The van der Waals surface area contributed by atoms with Gasteiger partial charge in [0.05, 0.1) is 0 Å². The highest BCUT2D eigenvalue weighted by Gasteiger charge is 2.39. The second-order valence-electron chi connectivity index (χ2n) is 3.23. The van der Waals surface area contributed by atoms with Crippen LogP contribution in [0.3, 0.4) is 0 Å². The Morgan fingerprint density at radius 1 is 1.50 bits per heavy atom.